The van der Waals surface area contributed by atoms with Crippen LogP contribution in [0.15, 0.2) is 4.52 Å². The van der Waals surface area contributed by atoms with E-state index in [1.165, 1.54) is 0 Å². The first-order valence-corrected chi connectivity index (χ1v) is 7.30. The molecular formula is C12H23N3OS. The van der Waals surface area contributed by atoms with Crippen LogP contribution in [0.1, 0.15) is 51.9 Å². The maximum atomic E-state index is 5.98. The topological polar surface area (TPSA) is 64.9 Å². The lowest BCUT2D eigenvalue weighted by Crippen LogP contribution is -2.13. The molecule has 1 atom stereocenters. The van der Waals surface area contributed by atoms with Gasteiger partial charge in [0.1, 0.15) is 0 Å². The molecule has 5 heteroatoms. The van der Waals surface area contributed by atoms with Crippen molar-refractivity contribution in [2.75, 3.05) is 5.75 Å². The molecule has 1 rings (SSSR count). The summed E-state index contributed by atoms with van der Waals surface area (Å²) in [6.07, 6.45) is 0.876. The molecule has 0 bridgehead atoms. The van der Waals surface area contributed by atoms with Crippen LogP contribution in [0.4, 0.5) is 0 Å². The van der Waals surface area contributed by atoms with Gasteiger partial charge in [-0.2, -0.15) is 16.7 Å². The molecule has 0 aliphatic heterocycles. The van der Waals surface area contributed by atoms with E-state index in [9.17, 15) is 0 Å². The van der Waals surface area contributed by atoms with E-state index in [-0.39, 0.29) is 6.04 Å². The number of hydrogen-bond acceptors (Lipinski definition) is 5. The first-order valence-electron chi connectivity index (χ1n) is 6.14. The molecule has 1 aromatic heterocycles. The van der Waals surface area contributed by atoms with E-state index in [4.69, 9.17) is 10.3 Å². The number of nitrogens with zero attached hydrogens (tertiary/aromatic N) is 2. The number of nitrogens with two attached hydrogens (primary N) is 1. The fourth-order valence-corrected chi connectivity index (χ4v) is 2.36. The molecule has 0 aliphatic rings. The maximum absolute atomic E-state index is 5.98. The molecule has 17 heavy (non-hydrogen) atoms. The van der Waals surface area contributed by atoms with Crippen molar-refractivity contribution in [1.29, 1.82) is 0 Å². The van der Waals surface area contributed by atoms with Gasteiger partial charge in [0.25, 0.3) is 0 Å². The lowest BCUT2D eigenvalue weighted by atomic mass is 10.0. The molecule has 0 spiro atoms. The van der Waals surface area contributed by atoms with E-state index in [0.717, 1.165) is 23.8 Å². The lowest BCUT2D eigenvalue weighted by Gasteiger charge is -2.08. The monoisotopic (exact) mass is 257 g/mol. The van der Waals surface area contributed by atoms with Crippen LogP contribution < -0.4 is 5.73 Å². The molecule has 0 aliphatic carbocycles. The van der Waals surface area contributed by atoms with Gasteiger partial charge in [-0.15, -0.1) is 0 Å². The molecule has 2 N–H and O–H groups in total. The average Bonchev–Trinajstić information content (AvgIpc) is 2.64. The van der Waals surface area contributed by atoms with Crippen LogP contribution in [0.5, 0.6) is 0 Å². The van der Waals surface area contributed by atoms with Gasteiger partial charge in [0.15, 0.2) is 5.82 Å². The average molecular weight is 257 g/mol. The second-order valence-electron chi connectivity index (χ2n) is 5.19. The van der Waals surface area contributed by atoms with E-state index in [2.05, 4.69) is 37.8 Å². The molecule has 0 saturated heterocycles. The van der Waals surface area contributed by atoms with Crippen LogP contribution in [0.25, 0.3) is 0 Å². The SMILES string of the molecule is CC(C)CSCc1noc([C@@H](N)CC(C)C)n1. The second-order valence-corrected chi connectivity index (χ2v) is 6.22. The van der Waals surface area contributed by atoms with E-state index in [1.54, 1.807) is 0 Å². The molecule has 0 fully saturated rings. The first-order chi connectivity index (χ1) is 7.99. The predicted octanol–water partition coefficient (Wildman–Crippen LogP) is 3.00. The van der Waals surface area contributed by atoms with Crippen molar-refractivity contribution in [3.8, 4) is 0 Å². The van der Waals surface area contributed by atoms with E-state index >= 15 is 0 Å². The summed E-state index contributed by atoms with van der Waals surface area (Å²) in [6.45, 7) is 8.67. The third kappa shape index (κ3) is 5.55. The number of aromatic nitrogens is 2. The highest BCUT2D eigenvalue weighted by Crippen LogP contribution is 2.19. The van der Waals surface area contributed by atoms with Crippen molar-refractivity contribution in [3.05, 3.63) is 11.7 Å². The normalized spacial score (nSPS) is 13.6. The van der Waals surface area contributed by atoms with Crippen molar-refractivity contribution in [2.24, 2.45) is 17.6 Å². The van der Waals surface area contributed by atoms with Gasteiger partial charge in [-0.3, -0.25) is 0 Å². The summed E-state index contributed by atoms with van der Waals surface area (Å²) in [5, 5.41) is 3.95. The summed E-state index contributed by atoms with van der Waals surface area (Å²) in [4.78, 5) is 4.34. The summed E-state index contributed by atoms with van der Waals surface area (Å²) in [5.74, 6) is 4.46. The minimum atomic E-state index is -0.133. The quantitative estimate of drug-likeness (QED) is 0.813. The Labute approximate surface area is 108 Å². The van der Waals surface area contributed by atoms with Crippen molar-refractivity contribution in [1.82, 2.24) is 10.1 Å². The molecular weight excluding hydrogens is 234 g/mol. The molecule has 4 nitrogen and oxygen atoms in total. The Morgan fingerprint density at radius 2 is 1.94 bits per heavy atom. The van der Waals surface area contributed by atoms with Crippen LogP contribution in [0.2, 0.25) is 0 Å². The first kappa shape index (κ1) is 14.5. The Morgan fingerprint density at radius 3 is 2.53 bits per heavy atom. The zero-order valence-electron chi connectivity index (χ0n) is 11.1. The standard InChI is InChI=1S/C12H23N3OS/c1-8(2)5-10(13)12-14-11(15-16-12)7-17-6-9(3)4/h8-10H,5-7,13H2,1-4H3/t10-/m0/s1. The molecule has 0 aromatic carbocycles. The van der Waals surface area contributed by atoms with Gasteiger partial charge in [0, 0.05) is 0 Å². The van der Waals surface area contributed by atoms with Crippen LogP contribution in [0, 0.1) is 11.8 Å². The summed E-state index contributed by atoms with van der Waals surface area (Å²) in [6, 6.07) is -0.133. The van der Waals surface area contributed by atoms with Gasteiger partial charge in [0.2, 0.25) is 5.89 Å². The second kappa shape index (κ2) is 7.01. The van der Waals surface area contributed by atoms with Crippen molar-refractivity contribution in [2.45, 2.75) is 45.9 Å². The minimum absolute atomic E-state index is 0.133. The van der Waals surface area contributed by atoms with E-state index in [0.29, 0.717) is 17.7 Å². The highest BCUT2D eigenvalue weighted by Gasteiger charge is 2.15. The molecule has 98 valence electrons. The fraction of sp³-hybridized carbons (Fsp3) is 0.833. The van der Waals surface area contributed by atoms with Gasteiger partial charge < -0.3 is 10.3 Å². The zero-order chi connectivity index (χ0) is 12.8. The van der Waals surface area contributed by atoms with Crippen molar-refractivity contribution < 1.29 is 4.52 Å². The Kier molecular flexibility index (Phi) is 5.98. The zero-order valence-corrected chi connectivity index (χ0v) is 12.0. The van der Waals surface area contributed by atoms with Gasteiger partial charge >= 0.3 is 0 Å². The van der Waals surface area contributed by atoms with Crippen molar-refractivity contribution >= 4 is 11.8 Å². The molecule has 0 unspecified atom stereocenters. The minimum Gasteiger partial charge on any atom is -0.338 e. The summed E-state index contributed by atoms with van der Waals surface area (Å²) in [7, 11) is 0. The Balaban J connectivity index is 2.42. The molecule has 0 saturated carbocycles. The highest BCUT2D eigenvalue weighted by molar-refractivity contribution is 7.98. The Morgan fingerprint density at radius 1 is 1.24 bits per heavy atom. The fourth-order valence-electron chi connectivity index (χ4n) is 1.47. The van der Waals surface area contributed by atoms with E-state index in [1.807, 2.05) is 11.8 Å². The van der Waals surface area contributed by atoms with Crippen LogP contribution in [0.3, 0.4) is 0 Å². The molecule has 1 heterocycles. The van der Waals surface area contributed by atoms with Gasteiger partial charge in [-0.1, -0.05) is 32.9 Å². The smallest absolute Gasteiger partial charge is 0.243 e. The van der Waals surface area contributed by atoms with Gasteiger partial charge in [-0.05, 0) is 24.0 Å². The Bertz CT molecular complexity index is 325. The predicted molar refractivity (Wildman–Crippen MR) is 71.7 cm³/mol. The number of rotatable bonds is 7. The summed E-state index contributed by atoms with van der Waals surface area (Å²) >= 11 is 1.83. The third-order valence-corrected chi connectivity index (χ3v) is 3.57. The van der Waals surface area contributed by atoms with Crippen LogP contribution in [-0.2, 0) is 5.75 Å². The Hall–Kier alpha value is -0.550. The molecule has 1 aromatic rings. The maximum Gasteiger partial charge on any atom is 0.243 e. The highest BCUT2D eigenvalue weighted by atomic mass is 32.2. The number of thioether (sulfide) groups is 1. The third-order valence-electron chi connectivity index (χ3n) is 2.21. The van der Waals surface area contributed by atoms with Crippen LogP contribution >= 0.6 is 11.8 Å². The summed E-state index contributed by atoms with van der Waals surface area (Å²) in [5.41, 5.74) is 5.98. The molecule has 0 amide bonds. The lowest BCUT2D eigenvalue weighted by molar-refractivity contribution is 0.333. The van der Waals surface area contributed by atoms with Gasteiger partial charge in [0.05, 0.1) is 11.8 Å². The summed E-state index contributed by atoms with van der Waals surface area (Å²) < 4.78 is 5.19. The largest absolute Gasteiger partial charge is 0.338 e. The van der Waals surface area contributed by atoms with E-state index < -0.39 is 0 Å². The number of hydrogen-bond donors (Lipinski definition) is 1. The van der Waals surface area contributed by atoms with Crippen LogP contribution in [-0.4, -0.2) is 15.9 Å². The molecule has 0 radical (unpaired) electrons. The van der Waals surface area contributed by atoms with Crippen molar-refractivity contribution in [3.63, 3.8) is 0 Å². The van der Waals surface area contributed by atoms with Gasteiger partial charge in [-0.25, -0.2) is 0 Å².